The molecule has 0 aliphatic carbocycles. The summed E-state index contributed by atoms with van der Waals surface area (Å²) >= 11 is 6.79. The number of hydrogen-bond acceptors (Lipinski definition) is 1. The summed E-state index contributed by atoms with van der Waals surface area (Å²) in [6, 6.07) is 17.4. The zero-order valence-electron chi connectivity index (χ0n) is 16.7. The van der Waals surface area contributed by atoms with Crippen LogP contribution in [0.4, 0.5) is 0 Å². The van der Waals surface area contributed by atoms with Gasteiger partial charge in [0.2, 0.25) is 0 Å². The first-order valence-electron chi connectivity index (χ1n) is 7.49. The van der Waals surface area contributed by atoms with Gasteiger partial charge in [-0.2, -0.15) is 11.3 Å². The second-order valence-corrected chi connectivity index (χ2v) is 8.43. The topological polar surface area (TPSA) is 23.8 Å². The molecule has 1 heterocycles. The van der Waals surface area contributed by atoms with Gasteiger partial charge in [0.05, 0.1) is 0 Å². The van der Waals surface area contributed by atoms with E-state index in [1.165, 1.54) is 54.3 Å². The molecule has 28 heavy (non-hydrogen) atoms. The monoisotopic (exact) mass is 591 g/mol. The normalized spacial score (nSPS) is 9.43. The number of hydrogen-bond donors (Lipinski definition) is 0. The van der Waals surface area contributed by atoms with E-state index in [1.54, 1.807) is 0 Å². The summed E-state index contributed by atoms with van der Waals surface area (Å²) < 4.78 is 3.92. The van der Waals surface area contributed by atoms with E-state index in [0.717, 1.165) is 4.47 Å². The fourth-order valence-corrected chi connectivity index (χ4v) is 3.99. The minimum absolute atomic E-state index is 0. The van der Waals surface area contributed by atoms with Crippen LogP contribution >= 0.6 is 52.1 Å². The molecule has 0 atom stereocenters. The molecule has 0 unspecified atom stereocenters. The van der Waals surface area contributed by atoms with Gasteiger partial charge in [0, 0.05) is 4.47 Å². The number of halogens is 3. The van der Waals surface area contributed by atoms with Crippen molar-refractivity contribution in [1.29, 1.82) is 0 Å². The fraction of sp³-hybridized carbons (Fsp3) is 0.190. The molecule has 0 saturated heterocycles. The van der Waals surface area contributed by atoms with Crippen molar-refractivity contribution in [2.75, 3.05) is 0 Å². The predicted octanol–water partition coefficient (Wildman–Crippen LogP) is 8.89. The van der Waals surface area contributed by atoms with Gasteiger partial charge in [0.1, 0.15) is 0 Å². The Labute approximate surface area is 211 Å². The van der Waals surface area contributed by atoms with Gasteiger partial charge in [0.15, 0.2) is 0 Å². The molecule has 0 aliphatic rings. The van der Waals surface area contributed by atoms with Crippen LogP contribution < -0.4 is 0 Å². The van der Waals surface area contributed by atoms with Crippen molar-refractivity contribution >= 4 is 89.9 Å². The molecule has 154 valence electrons. The molecule has 0 spiro atoms. The van der Waals surface area contributed by atoms with Crippen LogP contribution in [0.3, 0.4) is 0 Å². The molecular formula is C21H26BrCl2NSSiZr-4. The van der Waals surface area contributed by atoms with Crippen LogP contribution in [0.25, 0.3) is 36.7 Å². The van der Waals surface area contributed by atoms with E-state index in [1.807, 2.05) is 32.1 Å². The Kier molecular flexibility index (Phi) is 17.0. The van der Waals surface area contributed by atoms with E-state index in [0.29, 0.717) is 0 Å². The van der Waals surface area contributed by atoms with E-state index < -0.39 is 0 Å². The molecule has 7 heteroatoms. The molecule has 4 rings (SSSR count). The Morgan fingerprint density at radius 3 is 2.11 bits per heavy atom. The Bertz CT molecular complexity index is 973. The molecule has 1 N–H and O–H groups in total. The summed E-state index contributed by atoms with van der Waals surface area (Å²) in [6.07, 6.45) is 0. The third-order valence-corrected chi connectivity index (χ3v) is 4.91. The standard InChI is InChI=1S/C15H8BrS.C4H10N.2CH3.2ClH.Si.Zr/c16-10-5-6-14-12(8-10)13-7-9-3-1-2-4-11(9)15(13)17-14;1-4(2,3)5;;;;;;/h1-8H;5H,1-3H3;2*1H3;2*1H;;/q4*-1;;;;. The number of rotatable bonds is 0. The SMILES string of the molecule is Brc1ccc2sc3c4ccccc4[cH-]c3c2c1.CC(C)(C)[NH-].Cl.Cl.[CH3-].[CH3-].[Si]=[Zr]. The Balaban J connectivity index is -0.000000508. The van der Waals surface area contributed by atoms with Gasteiger partial charge in [-0.05, 0) is 10.8 Å². The number of fused-ring (bicyclic) bond motifs is 5. The van der Waals surface area contributed by atoms with E-state index in [4.69, 9.17) is 5.73 Å². The average molecular weight is 595 g/mol. The summed E-state index contributed by atoms with van der Waals surface area (Å²) in [5, 5.41) is 5.46. The van der Waals surface area contributed by atoms with Gasteiger partial charge in [-0.3, -0.25) is 0 Å². The molecule has 1 nitrogen and oxygen atoms in total. The Hall–Kier alpha value is 0.390. The molecule has 0 amide bonds. The maximum absolute atomic E-state index is 6.94. The van der Waals surface area contributed by atoms with Crippen molar-refractivity contribution in [3.05, 3.63) is 73.6 Å². The zero-order chi connectivity index (χ0) is 17.9. The van der Waals surface area contributed by atoms with Gasteiger partial charge in [-0.15, -0.1) is 53.3 Å². The summed E-state index contributed by atoms with van der Waals surface area (Å²) in [4.78, 5) is 0. The van der Waals surface area contributed by atoms with E-state index in [-0.39, 0.29) is 45.2 Å². The molecule has 0 fully saturated rings. The van der Waals surface area contributed by atoms with Crippen LogP contribution in [0, 0.1) is 14.9 Å². The van der Waals surface area contributed by atoms with Crippen molar-refractivity contribution < 1.29 is 23.3 Å². The summed E-state index contributed by atoms with van der Waals surface area (Å²) in [6.45, 7) is 8.62. The summed E-state index contributed by atoms with van der Waals surface area (Å²) in [5.41, 5.74) is 6.69. The molecule has 1 aromatic heterocycles. The van der Waals surface area contributed by atoms with Crippen molar-refractivity contribution in [1.82, 2.24) is 0 Å². The zero-order valence-corrected chi connectivity index (χ0v) is 24.2. The van der Waals surface area contributed by atoms with Crippen LogP contribution in [0.5, 0.6) is 0 Å². The Morgan fingerprint density at radius 2 is 1.54 bits per heavy atom. The van der Waals surface area contributed by atoms with Gasteiger partial charge in [0.25, 0.3) is 0 Å². The van der Waals surface area contributed by atoms with Gasteiger partial charge >= 0.3 is 30.2 Å². The molecule has 0 saturated carbocycles. The number of benzene rings is 2. The van der Waals surface area contributed by atoms with Crippen LogP contribution in [-0.2, 0) is 23.3 Å². The summed E-state index contributed by atoms with van der Waals surface area (Å²) in [5.74, 6) is 0. The number of thiophene rings is 1. The molecule has 2 radical (unpaired) electrons. The van der Waals surface area contributed by atoms with Gasteiger partial charge < -0.3 is 20.6 Å². The first-order valence-corrected chi connectivity index (χ1v) is 13.3. The number of nitrogens with one attached hydrogen (secondary N) is 1. The second-order valence-electron chi connectivity index (χ2n) is 6.47. The first kappa shape index (κ1) is 33.0. The van der Waals surface area contributed by atoms with Gasteiger partial charge in [-0.25, -0.2) is 0 Å². The third-order valence-electron chi connectivity index (χ3n) is 3.19. The minimum atomic E-state index is -0.250. The first-order chi connectivity index (χ1) is 11.3. The average Bonchev–Trinajstić information content (AvgIpc) is 3.04. The quantitative estimate of drug-likeness (QED) is 0.143. The molecule has 3 aromatic carbocycles. The molecule has 4 aromatic rings. The van der Waals surface area contributed by atoms with Crippen LogP contribution in [0.1, 0.15) is 20.8 Å². The van der Waals surface area contributed by atoms with E-state index in [2.05, 4.69) is 71.3 Å². The van der Waals surface area contributed by atoms with E-state index in [9.17, 15) is 0 Å². The van der Waals surface area contributed by atoms with Crippen LogP contribution in [0.15, 0.2) is 53.0 Å². The fourth-order valence-electron chi connectivity index (χ4n) is 2.42. The van der Waals surface area contributed by atoms with Crippen molar-refractivity contribution in [3.8, 4) is 0 Å². The summed E-state index contributed by atoms with van der Waals surface area (Å²) in [7, 11) is 0. The Morgan fingerprint density at radius 1 is 1.00 bits per heavy atom. The van der Waals surface area contributed by atoms with Crippen LogP contribution in [-0.4, -0.2) is 12.4 Å². The molecule has 0 bridgehead atoms. The van der Waals surface area contributed by atoms with Crippen LogP contribution in [0.2, 0.25) is 0 Å². The third kappa shape index (κ3) is 8.63. The maximum atomic E-state index is 6.94. The van der Waals surface area contributed by atoms with Crippen molar-refractivity contribution in [2.45, 2.75) is 26.3 Å². The molecular weight excluding hydrogens is 568 g/mol. The predicted molar refractivity (Wildman–Crippen MR) is 137 cm³/mol. The second kappa shape index (κ2) is 14.4. The van der Waals surface area contributed by atoms with Crippen molar-refractivity contribution in [3.63, 3.8) is 0 Å². The molecule has 0 aliphatic heterocycles. The van der Waals surface area contributed by atoms with Gasteiger partial charge in [-0.1, -0.05) is 82.5 Å². The van der Waals surface area contributed by atoms with Crippen molar-refractivity contribution in [2.24, 2.45) is 0 Å². The van der Waals surface area contributed by atoms with E-state index >= 15 is 0 Å².